The Morgan fingerprint density at radius 2 is 2.21 bits per heavy atom. The monoisotopic (exact) mass is 281 g/mol. The minimum Gasteiger partial charge on any atom is -0.368 e. The van der Waals surface area contributed by atoms with Crippen molar-refractivity contribution in [2.75, 3.05) is 24.5 Å². The molecule has 19 heavy (non-hydrogen) atoms. The molecular formula is C12H19N5OS. The number of amides is 1. The Bertz CT molecular complexity index is 457. The molecule has 2 aliphatic rings. The molecule has 1 saturated heterocycles. The average Bonchev–Trinajstić information content (AvgIpc) is 3.09. The Labute approximate surface area is 116 Å². The molecular weight excluding hydrogens is 262 g/mol. The molecule has 0 aromatic carbocycles. The molecule has 3 N–H and O–H groups in total. The molecule has 1 unspecified atom stereocenters. The van der Waals surface area contributed by atoms with Crippen LogP contribution in [0, 0.1) is 0 Å². The van der Waals surface area contributed by atoms with Crippen molar-refractivity contribution >= 4 is 22.6 Å². The van der Waals surface area contributed by atoms with Crippen LogP contribution in [0.2, 0.25) is 0 Å². The molecule has 3 rings (SSSR count). The van der Waals surface area contributed by atoms with Gasteiger partial charge < -0.3 is 16.0 Å². The van der Waals surface area contributed by atoms with Crippen LogP contribution in [0.1, 0.15) is 37.4 Å². The highest BCUT2D eigenvalue weighted by atomic mass is 32.1. The molecule has 2 heterocycles. The van der Waals surface area contributed by atoms with E-state index in [4.69, 9.17) is 5.73 Å². The van der Waals surface area contributed by atoms with E-state index in [1.807, 2.05) is 0 Å². The number of carbonyl (C=O) groups excluding carboxylic acids is 1. The fourth-order valence-electron chi connectivity index (χ4n) is 2.82. The van der Waals surface area contributed by atoms with Gasteiger partial charge in [-0.3, -0.25) is 4.79 Å². The SMILES string of the molecule is NC(=O)C1CN(c2nc(C3CCCC3)ns2)CCN1. The lowest BCUT2D eigenvalue weighted by atomic mass is 10.1. The van der Waals surface area contributed by atoms with Crippen molar-refractivity contribution in [2.45, 2.75) is 37.6 Å². The first kappa shape index (κ1) is 12.8. The molecule has 1 aliphatic heterocycles. The maximum Gasteiger partial charge on any atom is 0.236 e. The molecule has 0 spiro atoms. The number of piperazine rings is 1. The van der Waals surface area contributed by atoms with E-state index in [1.54, 1.807) is 0 Å². The second kappa shape index (κ2) is 5.42. The standard InChI is InChI=1S/C12H19N5OS/c13-10(18)9-7-17(6-5-14-9)12-15-11(16-19-12)8-3-1-2-4-8/h8-9,14H,1-7H2,(H2,13,18). The largest absolute Gasteiger partial charge is 0.368 e. The lowest BCUT2D eigenvalue weighted by molar-refractivity contribution is -0.120. The van der Waals surface area contributed by atoms with E-state index in [9.17, 15) is 4.79 Å². The summed E-state index contributed by atoms with van der Waals surface area (Å²) < 4.78 is 4.50. The number of hydrogen-bond acceptors (Lipinski definition) is 6. The quantitative estimate of drug-likeness (QED) is 0.841. The topological polar surface area (TPSA) is 84.1 Å². The van der Waals surface area contributed by atoms with Crippen LogP contribution in [0.25, 0.3) is 0 Å². The van der Waals surface area contributed by atoms with Crippen molar-refractivity contribution in [3.8, 4) is 0 Å². The molecule has 1 aromatic heterocycles. The summed E-state index contributed by atoms with van der Waals surface area (Å²) in [6, 6.07) is -0.285. The van der Waals surface area contributed by atoms with Gasteiger partial charge in [0.2, 0.25) is 11.0 Å². The van der Waals surface area contributed by atoms with E-state index in [-0.39, 0.29) is 11.9 Å². The molecule has 1 atom stereocenters. The van der Waals surface area contributed by atoms with Gasteiger partial charge in [-0.1, -0.05) is 12.8 Å². The Morgan fingerprint density at radius 3 is 2.95 bits per heavy atom. The van der Waals surface area contributed by atoms with Crippen LogP contribution in [0.3, 0.4) is 0 Å². The third kappa shape index (κ3) is 2.71. The number of hydrogen-bond donors (Lipinski definition) is 2. The van der Waals surface area contributed by atoms with Crippen LogP contribution >= 0.6 is 11.5 Å². The number of primary amides is 1. The lowest BCUT2D eigenvalue weighted by Gasteiger charge is -2.31. The predicted octanol–water partition coefficient (Wildman–Crippen LogP) is 0.459. The Morgan fingerprint density at radius 1 is 1.42 bits per heavy atom. The predicted molar refractivity (Wildman–Crippen MR) is 74.3 cm³/mol. The molecule has 1 aliphatic carbocycles. The van der Waals surface area contributed by atoms with Gasteiger partial charge in [0, 0.05) is 37.1 Å². The number of nitrogens with one attached hydrogen (secondary N) is 1. The average molecular weight is 281 g/mol. The first-order chi connectivity index (χ1) is 9.24. The normalized spacial score (nSPS) is 24.8. The fourth-order valence-corrected chi connectivity index (χ4v) is 3.60. The Kier molecular flexibility index (Phi) is 3.65. The summed E-state index contributed by atoms with van der Waals surface area (Å²) in [5.41, 5.74) is 5.35. The van der Waals surface area contributed by atoms with Gasteiger partial charge >= 0.3 is 0 Å². The van der Waals surface area contributed by atoms with E-state index >= 15 is 0 Å². The first-order valence-electron chi connectivity index (χ1n) is 6.85. The van der Waals surface area contributed by atoms with Crippen molar-refractivity contribution in [1.29, 1.82) is 0 Å². The third-order valence-corrected chi connectivity index (χ3v) is 4.73. The Hall–Kier alpha value is -1.21. The Balaban J connectivity index is 1.69. The van der Waals surface area contributed by atoms with Gasteiger partial charge in [-0.05, 0) is 12.8 Å². The van der Waals surface area contributed by atoms with Gasteiger partial charge in [-0.25, -0.2) is 4.98 Å². The maximum atomic E-state index is 11.2. The van der Waals surface area contributed by atoms with Crippen LogP contribution in [0.4, 0.5) is 5.13 Å². The van der Waals surface area contributed by atoms with E-state index in [0.717, 1.165) is 24.0 Å². The smallest absolute Gasteiger partial charge is 0.236 e. The summed E-state index contributed by atoms with van der Waals surface area (Å²) in [7, 11) is 0. The summed E-state index contributed by atoms with van der Waals surface area (Å²) in [6.45, 7) is 2.20. The second-order valence-electron chi connectivity index (χ2n) is 5.27. The summed E-state index contributed by atoms with van der Waals surface area (Å²) in [4.78, 5) is 18.0. The molecule has 7 heteroatoms. The summed E-state index contributed by atoms with van der Waals surface area (Å²) in [6.07, 6.45) is 5.00. The minimum atomic E-state index is -0.301. The zero-order chi connectivity index (χ0) is 13.2. The van der Waals surface area contributed by atoms with Gasteiger partial charge in [0.15, 0.2) is 0 Å². The number of carbonyl (C=O) groups is 1. The molecule has 6 nitrogen and oxygen atoms in total. The van der Waals surface area contributed by atoms with Crippen LogP contribution < -0.4 is 16.0 Å². The maximum absolute atomic E-state index is 11.2. The molecule has 1 amide bonds. The lowest BCUT2D eigenvalue weighted by Crippen LogP contribution is -2.56. The molecule has 104 valence electrons. The van der Waals surface area contributed by atoms with Crippen molar-refractivity contribution in [3.05, 3.63) is 5.82 Å². The molecule has 1 aromatic rings. The number of anilines is 1. The van der Waals surface area contributed by atoms with Crippen LogP contribution in [-0.2, 0) is 4.79 Å². The van der Waals surface area contributed by atoms with E-state index in [0.29, 0.717) is 12.5 Å². The summed E-state index contributed by atoms with van der Waals surface area (Å²) in [5, 5.41) is 4.05. The molecule has 1 saturated carbocycles. The van der Waals surface area contributed by atoms with Gasteiger partial charge in [-0.2, -0.15) is 4.37 Å². The van der Waals surface area contributed by atoms with Gasteiger partial charge in [0.1, 0.15) is 11.9 Å². The summed E-state index contributed by atoms with van der Waals surface area (Å²) in [5.74, 6) is 1.23. The third-order valence-electron chi connectivity index (χ3n) is 3.94. The van der Waals surface area contributed by atoms with Crippen molar-refractivity contribution < 1.29 is 4.79 Å². The van der Waals surface area contributed by atoms with Gasteiger partial charge in [0.25, 0.3) is 0 Å². The molecule has 0 radical (unpaired) electrons. The van der Waals surface area contributed by atoms with E-state index in [1.165, 1.54) is 37.2 Å². The zero-order valence-electron chi connectivity index (χ0n) is 10.8. The highest BCUT2D eigenvalue weighted by molar-refractivity contribution is 7.09. The number of aromatic nitrogens is 2. The van der Waals surface area contributed by atoms with Crippen LogP contribution in [0.15, 0.2) is 0 Å². The van der Waals surface area contributed by atoms with E-state index in [2.05, 4.69) is 19.6 Å². The van der Waals surface area contributed by atoms with Gasteiger partial charge in [0.05, 0.1) is 0 Å². The fraction of sp³-hybridized carbons (Fsp3) is 0.750. The van der Waals surface area contributed by atoms with Crippen LogP contribution in [0.5, 0.6) is 0 Å². The second-order valence-corrected chi connectivity index (χ2v) is 6.00. The van der Waals surface area contributed by atoms with Gasteiger partial charge in [-0.15, -0.1) is 0 Å². The van der Waals surface area contributed by atoms with Crippen molar-refractivity contribution in [1.82, 2.24) is 14.7 Å². The van der Waals surface area contributed by atoms with Crippen molar-refractivity contribution in [3.63, 3.8) is 0 Å². The number of nitrogens with zero attached hydrogens (tertiary/aromatic N) is 3. The van der Waals surface area contributed by atoms with E-state index < -0.39 is 0 Å². The summed E-state index contributed by atoms with van der Waals surface area (Å²) >= 11 is 1.44. The number of nitrogens with two attached hydrogens (primary N) is 1. The highest BCUT2D eigenvalue weighted by Crippen LogP contribution is 2.34. The zero-order valence-corrected chi connectivity index (χ0v) is 11.7. The first-order valence-corrected chi connectivity index (χ1v) is 7.62. The van der Waals surface area contributed by atoms with Crippen molar-refractivity contribution in [2.24, 2.45) is 5.73 Å². The highest BCUT2D eigenvalue weighted by Gasteiger charge is 2.27. The molecule has 0 bridgehead atoms. The number of rotatable bonds is 3. The van der Waals surface area contributed by atoms with Crippen LogP contribution in [-0.4, -0.2) is 40.9 Å². The molecule has 2 fully saturated rings. The minimum absolute atomic E-state index is 0.285.